The summed E-state index contributed by atoms with van der Waals surface area (Å²) in [6.07, 6.45) is 2.38. The highest BCUT2D eigenvalue weighted by Crippen LogP contribution is 2.55. The normalized spacial score (nSPS) is 34.8. The third kappa shape index (κ3) is 1.33. The monoisotopic (exact) mass is 176 g/mol. The second-order valence-electron chi connectivity index (χ2n) is 2.93. The molecule has 11 heavy (non-hydrogen) atoms. The minimum absolute atomic E-state index is 0.498. The van der Waals surface area contributed by atoms with Crippen LogP contribution in [-0.4, -0.2) is 25.3 Å². The zero-order chi connectivity index (χ0) is 8.54. The van der Waals surface area contributed by atoms with Crippen LogP contribution in [0.2, 0.25) is 0 Å². The van der Waals surface area contributed by atoms with Gasteiger partial charge < -0.3 is 4.52 Å². The van der Waals surface area contributed by atoms with E-state index in [0.29, 0.717) is 6.42 Å². The topological polar surface area (TPSA) is 50.7 Å². The maximum absolute atomic E-state index is 11.7. The van der Waals surface area contributed by atoms with E-state index in [0.717, 1.165) is 0 Å². The molecule has 1 rings (SSSR count). The molecular weight excluding hydrogens is 163 g/mol. The first-order chi connectivity index (χ1) is 5.02. The molecule has 1 aliphatic heterocycles. The van der Waals surface area contributed by atoms with Gasteiger partial charge in [0.1, 0.15) is 5.28 Å². The second kappa shape index (κ2) is 2.61. The van der Waals surface area contributed by atoms with E-state index in [1.165, 1.54) is 7.11 Å². The summed E-state index contributed by atoms with van der Waals surface area (Å²) in [6.45, 7) is 3.47. The molecule has 2 unspecified atom stereocenters. The molecule has 0 amide bonds. The van der Waals surface area contributed by atoms with Crippen molar-refractivity contribution in [1.29, 1.82) is 0 Å². The molecule has 0 aromatic heterocycles. The van der Waals surface area contributed by atoms with E-state index >= 15 is 0 Å². The summed E-state index contributed by atoms with van der Waals surface area (Å²) in [4.78, 5) is 0. The molecule has 0 aliphatic carbocycles. The van der Waals surface area contributed by atoms with Gasteiger partial charge in [-0.1, -0.05) is 0 Å². The number of hydrogen-bond acceptors (Lipinski definition) is 4. The van der Waals surface area contributed by atoms with Crippen LogP contribution in [0.25, 0.3) is 0 Å². The first kappa shape index (κ1) is 8.75. The molecule has 2 atom stereocenters. The van der Waals surface area contributed by atoms with Crippen LogP contribution in [0.1, 0.15) is 13.3 Å². The quantitative estimate of drug-likeness (QED) is 0.644. The lowest BCUT2D eigenvalue weighted by molar-refractivity contribution is 0.355. The van der Waals surface area contributed by atoms with E-state index in [1.54, 1.807) is 12.9 Å². The number of nitrogens with zero attached hydrogens (tertiary/aromatic N) is 1. The van der Waals surface area contributed by atoms with Gasteiger partial charge in [-0.2, -0.15) is 5.10 Å². The van der Waals surface area contributed by atoms with E-state index in [4.69, 9.17) is 4.52 Å². The maximum atomic E-state index is 11.7. The van der Waals surface area contributed by atoms with E-state index in [1.807, 2.05) is 6.92 Å². The van der Waals surface area contributed by atoms with Crippen LogP contribution in [0.4, 0.5) is 0 Å². The number of nitrogens with one attached hydrogen (secondary N) is 1. The molecule has 0 saturated heterocycles. The lowest BCUT2D eigenvalue weighted by Gasteiger charge is -2.29. The first-order valence-electron chi connectivity index (χ1n) is 3.44. The van der Waals surface area contributed by atoms with E-state index in [9.17, 15) is 4.57 Å². The smallest absolute Gasteiger partial charge is 0.226 e. The number of hydrazone groups is 1. The standard InChI is InChI=1S/C6H13N2O2P/c1-6(4-5-7-8-6)11(3,9)10-2/h5,8H,4H2,1-3H3. The molecule has 0 spiro atoms. The van der Waals surface area contributed by atoms with Gasteiger partial charge in [-0.05, 0) is 6.92 Å². The maximum Gasteiger partial charge on any atom is 0.226 e. The predicted molar refractivity (Wildman–Crippen MR) is 45.2 cm³/mol. The van der Waals surface area contributed by atoms with E-state index in [-0.39, 0.29) is 0 Å². The van der Waals surface area contributed by atoms with E-state index in [2.05, 4.69) is 10.5 Å². The molecule has 0 bridgehead atoms. The molecule has 1 N–H and O–H groups in total. The van der Waals surface area contributed by atoms with Crippen LogP contribution in [0.3, 0.4) is 0 Å². The zero-order valence-electron chi connectivity index (χ0n) is 7.00. The Morgan fingerprint density at radius 3 is 2.82 bits per heavy atom. The third-order valence-corrected chi connectivity index (χ3v) is 4.90. The van der Waals surface area contributed by atoms with Crippen molar-refractivity contribution in [2.24, 2.45) is 5.10 Å². The Bertz CT molecular complexity index is 219. The highest BCUT2D eigenvalue weighted by atomic mass is 31.2. The zero-order valence-corrected chi connectivity index (χ0v) is 7.89. The van der Waals surface area contributed by atoms with E-state index < -0.39 is 12.6 Å². The third-order valence-electron chi connectivity index (χ3n) is 2.13. The van der Waals surface area contributed by atoms with Crippen molar-refractivity contribution in [2.75, 3.05) is 13.8 Å². The average Bonchev–Trinajstić information content (AvgIpc) is 2.38. The summed E-state index contributed by atoms with van der Waals surface area (Å²) in [6, 6.07) is 0. The van der Waals surface area contributed by atoms with Crippen molar-refractivity contribution in [1.82, 2.24) is 5.43 Å². The number of hydrogen-bond donors (Lipinski definition) is 1. The summed E-state index contributed by atoms with van der Waals surface area (Å²) in [5.74, 6) is 0. The molecule has 1 heterocycles. The van der Waals surface area contributed by atoms with Gasteiger partial charge in [0, 0.05) is 26.4 Å². The van der Waals surface area contributed by atoms with Gasteiger partial charge in [0.25, 0.3) is 0 Å². The molecule has 0 aromatic carbocycles. The molecule has 0 fully saturated rings. The van der Waals surface area contributed by atoms with Gasteiger partial charge in [0.2, 0.25) is 7.37 Å². The van der Waals surface area contributed by atoms with Crippen molar-refractivity contribution in [3.63, 3.8) is 0 Å². The highest BCUT2D eigenvalue weighted by Gasteiger charge is 2.42. The van der Waals surface area contributed by atoms with Gasteiger partial charge in [-0.25, -0.2) is 0 Å². The van der Waals surface area contributed by atoms with Crippen LogP contribution >= 0.6 is 7.37 Å². The molecule has 1 aliphatic rings. The molecule has 0 radical (unpaired) electrons. The van der Waals surface area contributed by atoms with Crippen LogP contribution in [0.15, 0.2) is 5.10 Å². The Kier molecular flexibility index (Phi) is 2.08. The van der Waals surface area contributed by atoms with Gasteiger partial charge >= 0.3 is 0 Å². The van der Waals surface area contributed by atoms with Crippen LogP contribution in [0, 0.1) is 0 Å². The Morgan fingerprint density at radius 1 is 1.82 bits per heavy atom. The van der Waals surface area contributed by atoms with Crippen LogP contribution in [-0.2, 0) is 9.09 Å². The first-order valence-corrected chi connectivity index (χ1v) is 5.51. The SMILES string of the molecule is COP(C)(=O)C1(C)CC=NN1. The molecule has 4 nitrogen and oxygen atoms in total. The summed E-state index contributed by atoms with van der Waals surface area (Å²) in [7, 11) is -1.10. The van der Waals surface area contributed by atoms with Crippen molar-refractivity contribution >= 4 is 13.6 Å². The summed E-state index contributed by atoms with van der Waals surface area (Å²) < 4.78 is 16.7. The summed E-state index contributed by atoms with van der Waals surface area (Å²) in [5.41, 5.74) is 2.81. The second-order valence-corrected chi connectivity index (χ2v) is 5.97. The summed E-state index contributed by atoms with van der Waals surface area (Å²) in [5, 5.41) is 3.33. The highest BCUT2D eigenvalue weighted by molar-refractivity contribution is 7.59. The van der Waals surface area contributed by atoms with Crippen molar-refractivity contribution in [3.8, 4) is 0 Å². The van der Waals surface area contributed by atoms with Gasteiger partial charge in [-0.15, -0.1) is 0 Å². The van der Waals surface area contributed by atoms with Crippen molar-refractivity contribution < 1.29 is 9.09 Å². The molecular formula is C6H13N2O2P. The van der Waals surface area contributed by atoms with Gasteiger partial charge in [-0.3, -0.25) is 9.99 Å². The fraction of sp³-hybridized carbons (Fsp3) is 0.833. The molecule has 5 heteroatoms. The summed E-state index contributed by atoms with van der Waals surface area (Å²) >= 11 is 0. The number of rotatable bonds is 2. The van der Waals surface area contributed by atoms with Crippen molar-refractivity contribution in [2.45, 2.75) is 18.6 Å². The fourth-order valence-corrected chi connectivity index (χ4v) is 1.97. The van der Waals surface area contributed by atoms with Crippen molar-refractivity contribution in [3.05, 3.63) is 0 Å². The largest absolute Gasteiger partial charge is 0.330 e. The molecule has 0 saturated carbocycles. The Labute approximate surface area is 66.5 Å². The molecule has 0 aromatic rings. The average molecular weight is 176 g/mol. The van der Waals surface area contributed by atoms with Gasteiger partial charge in [0.05, 0.1) is 0 Å². The minimum atomic E-state index is -2.57. The van der Waals surface area contributed by atoms with Crippen LogP contribution < -0.4 is 5.43 Å². The lowest BCUT2D eigenvalue weighted by atomic mass is 10.3. The predicted octanol–water partition coefficient (Wildman–Crippen LogP) is 1.24. The van der Waals surface area contributed by atoms with Gasteiger partial charge in [0.15, 0.2) is 0 Å². The fourth-order valence-electron chi connectivity index (χ4n) is 0.912. The molecule has 64 valence electrons. The van der Waals surface area contributed by atoms with Crippen LogP contribution in [0.5, 0.6) is 0 Å². The Morgan fingerprint density at radius 2 is 2.45 bits per heavy atom. The minimum Gasteiger partial charge on any atom is -0.330 e. The Balaban J connectivity index is 2.81. The lowest BCUT2D eigenvalue weighted by Crippen LogP contribution is -2.34. The Hall–Kier alpha value is -0.340.